The van der Waals surface area contributed by atoms with Gasteiger partial charge in [-0.25, -0.2) is 0 Å². The van der Waals surface area contributed by atoms with Crippen LogP contribution in [0.2, 0.25) is 0 Å². The van der Waals surface area contributed by atoms with Gasteiger partial charge in [-0.05, 0) is 0 Å². The summed E-state index contributed by atoms with van der Waals surface area (Å²) >= 11 is 0. The van der Waals surface area contributed by atoms with Crippen molar-refractivity contribution in [1.82, 2.24) is 5.32 Å². The monoisotopic (exact) mass is 183 g/mol. The second kappa shape index (κ2) is 3.86. The Morgan fingerprint density at radius 2 is 1.85 bits per heavy atom. The normalized spacial score (nSPS) is 16.7. The molecule has 1 aliphatic carbocycles. The highest BCUT2D eigenvalue weighted by atomic mass is 16.3. The first-order chi connectivity index (χ1) is 6.15. The molecule has 0 unspecified atom stereocenters. The zero-order valence-corrected chi connectivity index (χ0v) is 6.78. The molecule has 0 heterocycles. The molecule has 0 saturated carbocycles. The Bertz CT molecular complexity index is 303. The summed E-state index contributed by atoms with van der Waals surface area (Å²) in [5.74, 6) is -1.71. The van der Waals surface area contributed by atoms with E-state index in [1.165, 1.54) is 0 Å². The summed E-state index contributed by atoms with van der Waals surface area (Å²) in [7, 11) is 0. The lowest BCUT2D eigenvalue weighted by Crippen LogP contribution is -2.25. The van der Waals surface area contributed by atoms with Crippen molar-refractivity contribution in [3.8, 4) is 0 Å². The van der Waals surface area contributed by atoms with Crippen LogP contribution in [0.3, 0.4) is 0 Å². The van der Waals surface area contributed by atoms with Gasteiger partial charge in [0.1, 0.15) is 5.76 Å². The van der Waals surface area contributed by atoms with E-state index in [4.69, 9.17) is 10.2 Å². The van der Waals surface area contributed by atoms with Crippen molar-refractivity contribution in [3.05, 3.63) is 23.6 Å². The Morgan fingerprint density at radius 1 is 1.23 bits per heavy atom. The van der Waals surface area contributed by atoms with Crippen LogP contribution in [0, 0.1) is 0 Å². The standard InChI is InChI=1S/C8H9NO4/c10-2-1-9-5-3-7(12)8(13)4-6(5)11/h3-4,9-11H,1-2H2. The summed E-state index contributed by atoms with van der Waals surface area (Å²) in [5, 5.41) is 20.2. The van der Waals surface area contributed by atoms with Crippen LogP contribution < -0.4 is 5.32 Å². The van der Waals surface area contributed by atoms with Gasteiger partial charge >= 0.3 is 0 Å². The van der Waals surface area contributed by atoms with Crippen molar-refractivity contribution in [2.45, 2.75) is 0 Å². The molecule has 70 valence electrons. The Kier molecular flexibility index (Phi) is 2.81. The molecule has 0 amide bonds. The predicted octanol–water partition coefficient (Wildman–Crippen LogP) is -0.954. The molecular weight excluding hydrogens is 174 g/mol. The fraction of sp³-hybridized carbons (Fsp3) is 0.250. The van der Waals surface area contributed by atoms with Crippen LogP contribution >= 0.6 is 0 Å². The van der Waals surface area contributed by atoms with Gasteiger partial charge in [0, 0.05) is 18.7 Å². The second-order valence-electron chi connectivity index (χ2n) is 2.47. The number of aliphatic hydroxyl groups is 2. The lowest BCUT2D eigenvalue weighted by Gasteiger charge is -2.11. The minimum Gasteiger partial charge on any atom is -0.506 e. The van der Waals surface area contributed by atoms with Crippen molar-refractivity contribution < 1.29 is 19.8 Å². The van der Waals surface area contributed by atoms with E-state index < -0.39 is 11.6 Å². The number of hydrogen-bond donors (Lipinski definition) is 3. The smallest absolute Gasteiger partial charge is 0.229 e. The minimum atomic E-state index is -0.743. The summed E-state index contributed by atoms with van der Waals surface area (Å²) in [6, 6.07) is 0. The van der Waals surface area contributed by atoms with Crippen LogP contribution in [0.5, 0.6) is 0 Å². The lowest BCUT2D eigenvalue weighted by molar-refractivity contribution is -0.131. The molecular formula is C8H9NO4. The minimum absolute atomic E-state index is 0.118. The molecule has 0 aliphatic heterocycles. The first-order valence-electron chi connectivity index (χ1n) is 3.71. The third-order valence-electron chi connectivity index (χ3n) is 1.49. The molecule has 0 aromatic rings. The number of carbonyl (C=O) groups is 2. The van der Waals surface area contributed by atoms with E-state index in [1.807, 2.05) is 0 Å². The third kappa shape index (κ3) is 2.16. The molecule has 0 aromatic heterocycles. The Balaban J connectivity index is 2.74. The highest BCUT2D eigenvalue weighted by molar-refractivity contribution is 6.46. The molecule has 0 aromatic carbocycles. The zero-order chi connectivity index (χ0) is 9.84. The first kappa shape index (κ1) is 9.47. The summed E-state index contributed by atoms with van der Waals surface area (Å²) in [6.07, 6.45) is 1.86. The molecule has 0 radical (unpaired) electrons. The molecule has 0 spiro atoms. The molecule has 1 rings (SSSR count). The second-order valence-corrected chi connectivity index (χ2v) is 2.47. The van der Waals surface area contributed by atoms with E-state index in [2.05, 4.69) is 5.32 Å². The van der Waals surface area contributed by atoms with Gasteiger partial charge in [0.25, 0.3) is 0 Å². The average Bonchev–Trinajstić information content (AvgIpc) is 2.09. The number of allylic oxidation sites excluding steroid dienone is 2. The molecule has 1 aliphatic rings. The largest absolute Gasteiger partial charge is 0.506 e. The first-order valence-corrected chi connectivity index (χ1v) is 3.71. The van der Waals surface area contributed by atoms with Gasteiger partial charge in [-0.15, -0.1) is 0 Å². The topological polar surface area (TPSA) is 86.6 Å². The van der Waals surface area contributed by atoms with Gasteiger partial charge in [-0.1, -0.05) is 0 Å². The van der Waals surface area contributed by atoms with Crippen molar-refractivity contribution >= 4 is 11.6 Å². The maximum absolute atomic E-state index is 10.8. The molecule has 5 heteroatoms. The van der Waals surface area contributed by atoms with Crippen LogP contribution in [0.1, 0.15) is 0 Å². The highest BCUT2D eigenvalue weighted by Gasteiger charge is 2.18. The third-order valence-corrected chi connectivity index (χ3v) is 1.49. The fourth-order valence-corrected chi connectivity index (χ4v) is 0.881. The average molecular weight is 183 g/mol. The van der Waals surface area contributed by atoms with Crippen molar-refractivity contribution in [1.29, 1.82) is 0 Å². The predicted molar refractivity (Wildman–Crippen MR) is 43.9 cm³/mol. The lowest BCUT2D eigenvalue weighted by atomic mass is 10.1. The summed E-state index contributed by atoms with van der Waals surface area (Å²) in [6.45, 7) is 0.0952. The molecule has 3 N–H and O–H groups in total. The van der Waals surface area contributed by atoms with Gasteiger partial charge in [-0.2, -0.15) is 0 Å². The number of ketones is 2. The van der Waals surface area contributed by atoms with Crippen molar-refractivity contribution in [2.24, 2.45) is 0 Å². The SMILES string of the molecule is O=C1C=C(O)C(NCCO)=CC1=O. The van der Waals surface area contributed by atoms with Crippen LogP contribution in [0.25, 0.3) is 0 Å². The van der Waals surface area contributed by atoms with Gasteiger partial charge in [-0.3, -0.25) is 9.59 Å². The molecule has 0 atom stereocenters. The summed E-state index contributed by atoms with van der Waals surface area (Å²) in [5.41, 5.74) is 0.165. The van der Waals surface area contributed by atoms with E-state index in [0.29, 0.717) is 0 Å². The van der Waals surface area contributed by atoms with Crippen molar-refractivity contribution in [2.75, 3.05) is 13.2 Å². The molecule has 5 nitrogen and oxygen atoms in total. The Hall–Kier alpha value is -1.62. The molecule has 0 bridgehead atoms. The van der Waals surface area contributed by atoms with Crippen molar-refractivity contribution in [3.63, 3.8) is 0 Å². The molecule has 0 saturated heterocycles. The summed E-state index contributed by atoms with van der Waals surface area (Å²) in [4.78, 5) is 21.5. The fourth-order valence-electron chi connectivity index (χ4n) is 0.881. The number of carbonyl (C=O) groups excluding carboxylic acids is 2. The molecule has 13 heavy (non-hydrogen) atoms. The van der Waals surface area contributed by atoms with Gasteiger partial charge < -0.3 is 15.5 Å². The van der Waals surface area contributed by atoms with E-state index in [-0.39, 0.29) is 24.6 Å². The highest BCUT2D eigenvalue weighted by Crippen LogP contribution is 2.08. The quantitative estimate of drug-likeness (QED) is 0.387. The molecule has 0 fully saturated rings. The van der Waals surface area contributed by atoms with Crippen LogP contribution in [-0.2, 0) is 9.59 Å². The van der Waals surface area contributed by atoms with E-state index in [9.17, 15) is 9.59 Å². The number of nitrogens with one attached hydrogen (secondary N) is 1. The summed E-state index contributed by atoms with van der Waals surface area (Å²) < 4.78 is 0. The van der Waals surface area contributed by atoms with E-state index in [0.717, 1.165) is 12.2 Å². The van der Waals surface area contributed by atoms with Gasteiger partial charge in [0.15, 0.2) is 0 Å². The van der Waals surface area contributed by atoms with Crippen LogP contribution in [-0.4, -0.2) is 34.9 Å². The van der Waals surface area contributed by atoms with E-state index in [1.54, 1.807) is 0 Å². The van der Waals surface area contributed by atoms with E-state index >= 15 is 0 Å². The Labute approximate surface area is 74.4 Å². The van der Waals surface area contributed by atoms with Crippen LogP contribution in [0.4, 0.5) is 0 Å². The Morgan fingerprint density at radius 3 is 2.46 bits per heavy atom. The number of hydrogen-bond acceptors (Lipinski definition) is 5. The number of rotatable bonds is 3. The number of aliphatic hydroxyl groups excluding tert-OH is 2. The maximum Gasteiger partial charge on any atom is 0.229 e. The van der Waals surface area contributed by atoms with Crippen LogP contribution in [0.15, 0.2) is 23.6 Å². The maximum atomic E-state index is 10.8. The van der Waals surface area contributed by atoms with Gasteiger partial charge in [0.05, 0.1) is 12.3 Å². The zero-order valence-electron chi connectivity index (χ0n) is 6.78. The van der Waals surface area contributed by atoms with Gasteiger partial charge in [0.2, 0.25) is 11.6 Å².